The largest absolute Gasteiger partial charge is 0.478 e. The van der Waals surface area contributed by atoms with Crippen molar-refractivity contribution in [3.63, 3.8) is 0 Å². The van der Waals surface area contributed by atoms with Crippen LogP contribution in [0, 0.1) is 39.4 Å². The van der Waals surface area contributed by atoms with Crippen LogP contribution in [0.1, 0.15) is 107 Å². The number of aliphatic hydroxyl groups is 2. The van der Waals surface area contributed by atoms with E-state index in [1.807, 2.05) is 6.92 Å². The topological polar surface area (TPSA) is 130 Å². The molecule has 0 aromatic carbocycles. The fourth-order valence-electron chi connectivity index (χ4n) is 10.1. The number of carboxylic acid groups (broad SMARTS) is 1. The molecule has 0 spiro atoms. The molecule has 2 fully saturated rings. The summed E-state index contributed by atoms with van der Waals surface area (Å²) in [6, 6.07) is 0. The highest BCUT2D eigenvalue weighted by Gasteiger charge is 2.68. The normalized spacial score (nSPS) is 40.7. The van der Waals surface area contributed by atoms with Gasteiger partial charge in [-0.1, -0.05) is 53.2 Å². The molecule has 8 heteroatoms. The van der Waals surface area contributed by atoms with Gasteiger partial charge in [0.05, 0.1) is 12.2 Å². The zero-order valence-electron chi connectivity index (χ0n) is 27.0. The second-order valence-corrected chi connectivity index (χ2v) is 15.0. The molecule has 0 saturated heterocycles. The number of ether oxygens (including phenoxy) is 2. The molecule has 4 rings (SSSR count). The van der Waals surface area contributed by atoms with Crippen molar-refractivity contribution in [1.29, 1.82) is 0 Å². The highest BCUT2D eigenvalue weighted by Crippen LogP contribution is 2.72. The van der Waals surface area contributed by atoms with Crippen molar-refractivity contribution in [2.45, 2.75) is 132 Å². The fraction of sp³-hybridized carbons (Fsp3) is 0.794. The summed E-state index contributed by atoms with van der Waals surface area (Å²) < 4.78 is 11.5. The van der Waals surface area contributed by atoms with Crippen molar-refractivity contribution >= 4 is 17.9 Å². The lowest BCUT2D eigenvalue weighted by atomic mass is 9.42. The molecule has 8 nitrogen and oxygen atoms in total. The van der Waals surface area contributed by atoms with Crippen LogP contribution in [0.2, 0.25) is 0 Å². The Hall–Kier alpha value is -2.19. The predicted molar refractivity (Wildman–Crippen MR) is 158 cm³/mol. The first-order valence-corrected chi connectivity index (χ1v) is 15.7. The maximum atomic E-state index is 12.1. The van der Waals surface area contributed by atoms with Gasteiger partial charge in [0.15, 0.2) is 0 Å². The summed E-state index contributed by atoms with van der Waals surface area (Å²) in [6.07, 6.45) is 4.08. The smallest absolute Gasteiger partial charge is 0.330 e. The van der Waals surface area contributed by atoms with E-state index < -0.39 is 35.7 Å². The number of carboxylic acids is 1. The van der Waals surface area contributed by atoms with Crippen molar-refractivity contribution in [2.75, 3.05) is 0 Å². The van der Waals surface area contributed by atoms with Crippen LogP contribution in [-0.4, -0.2) is 57.6 Å². The van der Waals surface area contributed by atoms with Crippen molar-refractivity contribution in [2.24, 2.45) is 39.4 Å². The van der Waals surface area contributed by atoms with E-state index in [4.69, 9.17) is 9.47 Å². The third-order valence-corrected chi connectivity index (χ3v) is 12.7. The molecule has 0 unspecified atom stereocenters. The molecular weight excluding hydrogens is 536 g/mol. The van der Waals surface area contributed by atoms with Crippen LogP contribution < -0.4 is 0 Å². The third-order valence-electron chi connectivity index (χ3n) is 12.7. The van der Waals surface area contributed by atoms with Gasteiger partial charge in [0.1, 0.15) is 12.2 Å². The number of fused-ring (bicyclic) bond motifs is 4. The number of hydrogen-bond acceptors (Lipinski definition) is 7. The molecule has 3 N–H and O–H groups in total. The van der Waals surface area contributed by atoms with Crippen LogP contribution in [0.25, 0.3) is 0 Å². The van der Waals surface area contributed by atoms with Crippen molar-refractivity contribution in [3.8, 4) is 0 Å². The first-order valence-electron chi connectivity index (χ1n) is 15.7. The summed E-state index contributed by atoms with van der Waals surface area (Å²) in [7, 11) is 0. The molecule has 42 heavy (non-hydrogen) atoms. The van der Waals surface area contributed by atoms with Gasteiger partial charge in [-0.3, -0.25) is 9.59 Å². The second kappa shape index (κ2) is 11.1. The Morgan fingerprint density at radius 1 is 1.00 bits per heavy atom. The predicted octanol–water partition coefficient (Wildman–Crippen LogP) is 5.60. The summed E-state index contributed by atoms with van der Waals surface area (Å²) in [5.41, 5.74) is 0.926. The first-order chi connectivity index (χ1) is 19.3. The van der Waals surface area contributed by atoms with Crippen LogP contribution in [-0.2, 0) is 23.9 Å². The van der Waals surface area contributed by atoms with Crippen molar-refractivity contribution in [1.82, 2.24) is 0 Å². The molecule has 0 aliphatic heterocycles. The van der Waals surface area contributed by atoms with E-state index in [1.54, 1.807) is 6.08 Å². The lowest BCUT2D eigenvalue weighted by Crippen LogP contribution is -2.59. The summed E-state index contributed by atoms with van der Waals surface area (Å²) in [4.78, 5) is 35.4. The molecule has 10 atom stereocenters. The van der Waals surface area contributed by atoms with E-state index >= 15 is 0 Å². The van der Waals surface area contributed by atoms with Crippen molar-refractivity contribution in [3.05, 3.63) is 22.8 Å². The third kappa shape index (κ3) is 4.94. The molecule has 0 radical (unpaired) electrons. The Kier molecular flexibility index (Phi) is 8.62. The van der Waals surface area contributed by atoms with Crippen molar-refractivity contribution < 1.29 is 39.2 Å². The van der Waals surface area contributed by atoms with Gasteiger partial charge in [0.25, 0.3) is 0 Å². The monoisotopic (exact) mass is 588 g/mol. The number of esters is 2. The first kappa shape index (κ1) is 32.7. The Balaban J connectivity index is 1.73. The van der Waals surface area contributed by atoms with Gasteiger partial charge >= 0.3 is 17.9 Å². The lowest BCUT2D eigenvalue weighted by Gasteiger charge is -2.63. The molecular formula is C34H52O8. The molecule has 2 saturated carbocycles. The van der Waals surface area contributed by atoms with E-state index in [-0.39, 0.29) is 58.1 Å². The fourth-order valence-corrected chi connectivity index (χ4v) is 10.1. The number of hydrogen-bond donors (Lipinski definition) is 3. The van der Waals surface area contributed by atoms with Gasteiger partial charge in [-0.2, -0.15) is 0 Å². The van der Waals surface area contributed by atoms with Crippen LogP contribution >= 0.6 is 0 Å². The number of rotatable bonds is 7. The second-order valence-electron chi connectivity index (χ2n) is 15.0. The highest BCUT2D eigenvalue weighted by molar-refractivity contribution is 5.85. The summed E-state index contributed by atoms with van der Waals surface area (Å²) in [6.45, 7) is 17.4. The average molecular weight is 589 g/mol. The summed E-state index contributed by atoms with van der Waals surface area (Å²) in [5, 5.41) is 33.2. The van der Waals surface area contributed by atoms with E-state index in [9.17, 15) is 29.7 Å². The minimum Gasteiger partial charge on any atom is -0.478 e. The molecule has 0 amide bonds. The van der Waals surface area contributed by atoms with E-state index in [0.717, 1.165) is 31.3 Å². The molecule has 0 aromatic rings. The van der Waals surface area contributed by atoms with Gasteiger partial charge in [0, 0.05) is 36.7 Å². The zero-order chi connectivity index (χ0) is 31.6. The number of allylic oxidation sites excluding steroid dienone is 1. The van der Waals surface area contributed by atoms with Crippen LogP contribution in [0.3, 0.4) is 0 Å². The van der Waals surface area contributed by atoms with Crippen LogP contribution in [0.5, 0.6) is 0 Å². The standard InChI is InChI=1S/C34H52O8/c1-18(30(39)40)10-11-25(41-20(3)35)19(2)23-16-27(38)34(9)29-22(12-15-33(23,34)8)32(7)14-13-28(42-21(4)36)31(5,6)26(32)17-24(29)37/h10,19,23-28,37-38H,11-17H2,1-9H3,(H,39,40)/b18-10+/t19-,23-,24-,25+,26+,27+,28-,32-,33-,34+/m1/s1. The quantitative estimate of drug-likeness (QED) is 0.199. The number of aliphatic carboxylic acids is 1. The van der Waals surface area contributed by atoms with Crippen LogP contribution in [0.4, 0.5) is 0 Å². The summed E-state index contributed by atoms with van der Waals surface area (Å²) in [5.74, 6) is -1.72. The Morgan fingerprint density at radius 3 is 2.21 bits per heavy atom. The molecule has 236 valence electrons. The van der Waals surface area contributed by atoms with Gasteiger partial charge < -0.3 is 24.8 Å². The van der Waals surface area contributed by atoms with E-state index in [1.165, 1.54) is 26.3 Å². The molecule has 4 aliphatic carbocycles. The van der Waals surface area contributed by atoms with Gasteiger partial charge in [0.2, 0.25) is 0 Å². The Bertz CT molecular complexity index is 1180. The maximum Gasteiger partial charge on any atom is 0.330 e. The molecule has 4 aliphatic rings. The molecule has 0 heterocycles. The zero-order valence-corrected chi connectivity index (χ0v) is 27.0. The van der Waals surface area contributed by atoms with Crippen LogP contribution in [0.15, 0.2) is 22.8 Å². The lowest BCUT2D eigenvalue weighted by molar-refractivity contribution is -0.170. The number of carbonyl (C=O) groups is 3. The number of aliphatic hydroxyl groups excluding tert-OH is 2. The SMILES string of the molecule is CC(=O)O[C@@H](C/C=C(\C)C(=O)O)[C@H](C)[C@H]1C[C@H](O)[C@@]2(C)C3=C(CC[C@]12C)[C@@]1(C)CC[C@@H](OC(C)=O)C(C)(C)[C@@H]1C[C@H]3O. The minimum atomic E-state index is -1.00. The Morgan fingerprint density at radius 2 is 1.64 bits per heavy atom. The summed E-state index contributed by atoms with van der Waals surface area (Å²) >= 11 is 0. The van der Waals surface area contributed by atoms with E-state index in [2.05, 4.69) is 34.6 Å². The average Bonchev–Trinajstić information content (AvgIpc) is 3.09. The number of carbonyl (C=O) groups excluding carboxylic acids is 2. The van der Waals surface area contributed by atoms with Gasteiger partial charge in [-0.25, -0.2) is 4.79 Å². The minimum absolute atomic E-state index is 0.0108. The van der Waals surface area contributed by atoms with E-state index in [0.29, 0.717) is 12.8 Å². The molecule has 0 bridgehead atoms. The Labute approximate surface area is 250 Å². The maximum absolute atomic E-state index is 12.1. The highest BCUT2D eigenvalue weighted by atomic mass is 16.5. The molecule has 0 aromatic heterocycles. The van der Waals surface area contributed by atoms with Gasteiger partial charge in [-0.05, 0) is 79.6 Å². The van der Waals surface area contributed by atoms with Gasteiger partial charge in [-0.15, -0.1) is 0 Å².